The Balaban J connectivity index is 3.55. The number of carbonyl (C=O) groups excluding carboxylic acids is 3. The summed E-state index contributed by atoms with van der Waals surface area (Å²) in [6.45, 7) is 6.37. The molecule has 0 aromatic carbocycles. The molecule has 9 heteroatoms. The fourth-order valence-corrected chi connectivity index (χ4v) is 4.17. The van der Waals surface area contributed by atoms with Crippen LogP contribution in [0.4, 0.5) is 0 Å². The molecule has 0 aliphatic heterocycles. The van der Waals surface area contributed by atoms with Crippen LogP contribution in [-0.2, 0) is 23.9 Å². The van der Waals surface area contributed by atoms with Gasteiger partial charge in [-0.05, 0) is 40.0 Å². The van der Waals surface area contributed by atoms with Gasteiger partial charge < -0.3 is 26.2 Å². The molecule has 0 spiro atoms. The lowest BCUT2D eigenvalue weighted by molar-refractivity contribution is -0.155. The molecule has 0 heterocycles. The van der Waals surface area contributed by atoms with E-state index in [0.717, 1.165) is 38.5 Å². The molecule has 9 nitrogen and oxygen atoms in total. The molecule has 38 heavy (non-hydrogen) atoms. The molecule has 1 unspecified atom stereocenters. The molecule has 0 fully saturated rings. The minimum absolute atomic E-state index is 0.0363. The molecule has 2 amide bonds. The molecule has 0 aliphatic carbocycles. The number of rotatable bonds is 24. The molecule has 0 radical (unpaired) electrons. The predicted octanol–water partition coefficient (Wildman–Crippen LogP) is 4.99. The minimum atomic E-state index is -1.12. The Labute approximate surface area is 230 Å². The number of unbranched alkanes of at least 4 members (excludes halogenated alkanes) is 13. The predicted molar refractivity (Wildman–Crippen MR) is 151 cm³/mol. The normalized spacial score (nSPS) is 12.1. The quantitative estimate of drug-likeness (QED) is 0.0993. The number of ether oxygens (including phenoxy) is 1. The summed E-state index contributed by atoms with van der Waals surface area (Å²) in [4.78, 5) is 46.7. The largest absolute Gasteiger partial charge is 0.480 e. The van der Waals surface area contributed by atoms with Crippen molar-refractivity contribution < 1.29 is 29.0 Å². The smallest absolute Gasteiger partial charge is 0.326 e. The van der Waals surface area contributed by atoms with Crippen LogP contribution in [0.25, 0.3) is 0 Å². The molecule has 5 N–H and O–H groups in total. The van der Waals surface area contributed by atoms with Crippen molar-refractivity contribution >= 4 is 23.8 Å². The second-order valence-electron chi connectivity index (χ2n) is 11.2. The molecule has 0 rings (SSSR count). The Kier molecular flexibility index (Phi) is 21.5. The monoisotopic (exact) mass is 541 g/mol. The Hall–Kier alpha value is -2.16. The van der Waals surface area contributed by atoms with Gasteiger partial charge in [0.05, 0.1) is 0 Å². The van der Waals surface area contributed by atoms with Gasteiger partial charge in [0.15, 0.2) is 0 Å². The zero-order valence-electron chi connectivity index (χ0n) is 24.3. The minimum Gasteiger partial charge on any atom is -0.480 e. The van der Waals surface area contributed by atoms with Crippen molar-refractivity contribution in [1.29, 1.82) is 0 Å². The highest BCUT2D eigenvalue weighted by atomic mass is 16.6. The van der Waals surface area contributed by atoms with Crippen LogP contribution in [0.3, 0.4) is 0 Å². The van der Waals surface area contributed by atoms with Crippen LogP contribution in [0.2, 0.25) is 0 Å². The highest BCUT2D eigenvalue weighted by Gasteiger charge is 2.20. The zero-order valence-corrected chi connectivity index (χ0v) is 24.3. The summed E-state index contributed by atoms with van der Waals surface area (Å²) in [5.41, 5.74) is 4.93. The average Bonchev–Trinajstić information content (AvgIpc) is 2.83. The molecule has 0 aromatic heterocycles. The number of carbonyl (C=O) groups is 4. The lowest BCUT2D eigenvalue weighted by Crippen LogP contribution is -2.41. The number of hydrogen-bond donors (Lipinski definition) is 4. The molecule has 0 saturated heterocycles. The topological polar surface area (TPSA) is 148 Å². The van der Waals surface area contributed by atoms with E-state index in [-0.39, 0.29) is 30.6 Å². The number of nitrogens with two attached hydrogens (primary N) is 1. The highest BCUT2D eigenvalue weighted by molar-refractivity contribution is 5.84. The van der Waals surface area contributed by atoms with Crippen molar-refractivity contribution in [3.05, 3.63) is 0 Å². The van der Waals surface area contributed by atoms with Gasteiger partial charge in [-0.1, -0.05) is 77.0 Å². The summed E-state index contributed by atoms with van der Waals surface area (Å²) in [6, 6.07) is -1.05. The first kappa shape index (κ1) is 35.8. The summed E-state index contributed by atoms with van der Waals surface area (Å²) < 4.78 is 5.32. The lowest BCUT2D eigenvalue weighted by Gasteiger charge is -2.19. The van der Waals surface area contributed by atoms with E-state index in [1.54, 1.807) is 0 Å². The van der Waals surface area contributed by atoms with Crippen LogP contribution in [0.15, 0.2) is 0 Å². The second-order valence-corrected chi connectivity index (χ2v) is 11.2. The van der Waals surface area contributed by atoms with Crippen LogP contribution in [0.5, 0.6) is 0 Å². The summed E-state index contributed by atoms with van der Waals surface area (Å²) in [6.07, 6.45) is 16.8. The Morgan fingerprint density at radius 3 is 1.58 bits per heavy atom. The van der Waals surface area contributed by atoms with Gasteiger partial charge >= 0.3 is 11.9 Å². The Morgan fingerprint density at radius 2 is 1.16 bits per heavy atom. The van der Waals surface area contributed by atoms with Crippen molar-refractivity contribution in [1.82, 2.24) is 10.6 Å². The molecule has 0 aromatic rings. The van der Waals surface area contributed by atoms with Crippen LogP contribution < -0.4 is 16.4 Å². The number of nitrogens with one attached hydrogen (secondary N) is 2. The average molecular weight is 542 g/mol. The van der Waals surface area contributed by atoms with Crippen molar-refractivity contribution in [2.75, 3.05) is 13.1 Å². The number of hydrogen-bond acceptors (Lipinski definition) is 6. The maximum atomic E-state index is 12.1. The van der Waals surface area contributed by atoms with Crippen molar-refractivity contribution in [2.24, 2.45) is 5.73 Å². The van der Waals surface area contributed by atoms with Crippen LogP contribution >= 0.6 is 0 Å². The molecule has 222 valence electrons. The third kappa shape index (κ3) is 24.2. The fraction of sp³-hybridized carbons (Fsp3) is 0.862. The molecule has 0 aliphatic rings. The Bertz CT molecular complexity index is 663. The van der Waals surface area contributed by atoms with Gasteiger partial charge in [0.2, 0.25) is 11.8 Å². The maximum Gasteiger partial charge on any atom is 0.326 e. The van der Waals surface area contributed by atoms with Crippen molar-refractivity contribution in [3.8, 4) is 0 Å². The van der Waals surface area contributed by atoms with Crippen molar-refractivity contribution in [3.63, 3.8) is 0 Å². The molecular weight excluding hydrogens is 486 g/mol. The van der Waals surface area contributed by atoms with E-state index in [2.05, 4.69) is 10.6 Å². The van der Waals surface area contributed by atoms with Crippen LogP contribution in [0, 0.1) is 0 Å². The van der Waals surface area contributed by atoms with Crippen molar-refractivity contribution in [2.45, 2.75) is 148 Å². The van der Waals surface area contributed by atoms with E-state index in [1.807, 2.05) is 20.8 Å². The van der Waals surface area contributed by atoms with Crippen LogP contribution in [0.1, 0.15) is 136 Å². The lowest BCUT2D eigenvalue weighted by atomic mass is 10.0. The van der Waals surface area contributed by atoms with E-state index in [1.165, 1.54) is 51.4 Å². The van der Waals surface area contributed by atoms with E-state index < -0.39 is 17.6 Å². The third-order valence-electron chi connectivity index (χ3n) is 6.21. The second kappa shape index (κ2) is 22.8. The fourth-order valence-electron chi connectivity index (χ4n) is 4.17. The first-order valence-corrected chi connectivity index (χ1v) is 14.8. The SMILES string of the molecule is CC(C)(C)OC(=O)CCCCCCCCCCCCCCCCC(=O)NC(CCC(=O)NCCN)C(=O)O. The van der Waals surface area contributed by atoms with E-state index in [4.69, 9.17) is 10.5 Å². The van der Waals surface area contributed by atoms with Gasteiger partial charge in [-0.2, -0.15) is 0 Å². The van der Waals surface area contributed by atoms with Gasteiger partial charge in [0.25, 0.3) is 0 Å². The highest BCUT2D eigenvalue weighted by Crippen LogP contribution is 2.15. The molecule has 1 atom stereocenters. The zero-order chi connectivity index (χ0) is 28.7. The number of amides is 2. The van der Waals surface area contributed by atoms with Crippen LogP contribution in [-0.4, -0.2) is 53.6 Å². The van der Waals surface area contributed by atoms with Gasteiger partial charge in [-0.15, -0.1) is 0 Å². The summed E-state index contributed by atoms with van der Waals surface area (Å²) in [7, 11) is 0. The standard InChI is InChI=1S/C29H55N3O6/c1-29(2,3)38-27(35)19-17-15-13-11-9-7-5-4-6-8-10-12-14-16-18-26(34)32-24(28(36)37)20-21-25(33)31-23-22-30/h24H,4-23,30H2,1-3H3,(H,31,33)(H,32,34)(H,36,37). The van der Waals surface area contributed by atoms with E-state index in [0.29, 0.717) is 25.9 Å². The number of aliphatic carboxylic acids is 1. The molecule has 0 bridgehead atoms. The third-order valence-corrected chi connectivity index (χ3v) is 6.21. The summed E-state index contributed by atoms with van der Waals surface area (Å²) >= 11 is 0. The molecular formula is C29H55N3O6. The Morgan fingerprint density at radius 1 is 0.711 bits per heavy atom. The van der Waals surface area contributed by atoms with E-state index >= 15 is 0 Å². The summed E-state index contributed by atoms with van der Waals surface area (Å²) in [5, 5.41) is 14.4. The van der Waals surface area contributed by atoms with E-state index in [9.17, 15) is 24.3 Å². The summed E-state index contributed by atoms with van der Waals surface area (Å²) in [5.74, 6) is -1.76. The number of carboxylic acids is 1. The number of carboxylic acid groups (broad SMARTS) is 1. The van der Waals surface area contributed by atoms with Gasteiger partial charge in [0.1, 0.15) is 11.6 Å². The van der Waals surface area contributed by atoms with Gasteiger partial charge in [-0.3, -0.25) is 14.4 Å². The number of esters is 1. The first-order valence-electron chi connectivity index (χ1n) is 14.8. The van der Waals surface area contributed by atoms with Gasteiger partial charge in [0, 0.05) is 32.4 Å². The van der Waals surface area contributed by atoms with Gasteiger partial charge in [-0.25, -0.2) is 4.79 Å². The molecule has 0 saturated carbocycles. The first-order chi connectivity index (χ1) is 18.0. The maximum absolute atomic E-state index is 12.1.